The first-order chi connectivity index (χ1) is 9.83. The van der Waals surface area contributed by atoms with Crippen molar-refractivity contribution in [2.75, 3.05) is 6.54 Å². The van der Waals surface area contributed by atoms with Crippen LogP contribution in [0.5, 0.6) is 0 Å². The lowest BCUT2D eigenvalue weighted by Gasteiger charge is -2.01. The third kappa shape index (κ3) is 2.97. The molecule has 3 rings (SSSR count). The Kier molecular flexibility index (Phi) is 3.94. The Morgan fingerprint density at radius 2 is 2.10 bits per heavy atom. The van der Waals surface area contributed by atoms with Gasteiger partial charge in [0, 0.05) is 29.2 Å². The van der Waals surface area contributed by atoms with Gasteiger partial charge in [-0.3, -0.25) is 4.79 Å². The summed E-state index contributed by atoms with van der Waals surface area (Å²) in [6.07, 6.45) is 4.69. The van der Waals surface area contributed by atoms with Crippen LogP contribution < -0.4 is 5.32 Å². The number of nitrogens with one attached hydrogen (secondary N) is 1. The molecule has 0 bridgehead atoms. The Morgan fingerprint density at radius 1 is 1.25 bits per heavy atom. The van der Waals surface area contributed by atoms with Crippen LogP contribution >= 0.6 is 22.7 Å². The van der Waals surface area contributed by atoms with Crippen molar-refractivity contribution in [3.8, 4) is 5.13 Å². The summed E-state index contributed by atoms with van der Waals surface area (Å²) >= 11 is 3.16. The minimum absolute atomic E-state index is 0.115. The van der Waals surface area contributed by atoms with Crippen molar-refractivity contribution in [3.63, 3.8) is 0 Å². The van der Waals surface area contributed by atoms with E-state index in [0.717, 1.165) is 11.6 Å². The van der Waals surface area contributed by atoms with Crippen LogP contribution in [0, 0.1) is 0 Å². The van der Waals surface area contributed by atoms with Gasteiger partial charge in [0.15, 0.2) is 5.13 Å². The van der Waals surface area contributed by atoms with E-state index < -0.39 is 0 Å². The molecule has 0 radical (unpaired) electrons. The van der Waals surface area contributed by atoms with Crippen LogP contribution in [0.15, 0.2) is 47.4 Å². The summed E-state index contributed by atoms with van der Waals surface area (Å²) in [6, 6.07) is 7.96. The molecular weight excluding hydrogens is 290 g/mol. The summed E-state index contributed by atoms with van der Waals surface area (Å²) in [5, 5.41) is 7.53. The first-order valence-corrected chi connectivity index (χ1v) is 7.98. The third-order valence-corrected chi connectivity index (χ3v) is 4.58. The number of amides is 1. The topological polar surface area (TPSA) is 46.9 Å². The van der Waals surface area contributed by atoms with E-state index in [1.54, 1.807) is 16.7 Å². The first kappa shape index (κ1) is 13.1. The minimum Gasteiger partial charge on any atom is -0.350 e. The van der Waals surface area contributed by atoms with E-state index in [-0.39, 0.29) is 5.91 Å². The van der Waals surface area contributed by atoms with Crippen molar-refractivity contribution in [2.24, 2.45) is 0 Å². The molecule has 0 saturated heterocycles. The monoisotopic (exact) mass is 303 g/mol. The van der Waals surface area contributed by atoms with Gasteiger partial charge in [0.25, 0.3) is 5.91 Å². The highest BCUT2D eigenvalue weighted by atomic mass is 32.1. The van der Waals surface area contributed by atoms with Gasteiger partial charge >= 0.3 is 0 Å². The Hall–Kier alpha value is -1.92. The number of aromatic nitrogens is 2. The molecule has 0 atom stereocenters. The molecule has 1 amide bonds. The second-order valence-corrected chi connectivity index (χ2v) is 6.06. The average molecular weight is 303 g/mol. The maximum Gasteiger partial charge on any atom is 0.270 e. The molecule has 4 nitrogen and oxygen atoms in total. The van der Waals surface area contributed by atoms with E-state index in [2.05, 4.69) is 16.4 Å². The van der Waals surface area contributed by atoms with Crippen molar-refractivity contribution in [2.45, 2.75) is 6.42 Å². The number of carbonyl (C=O) groups is 1. The maximum absolute atomic E-state index is 12.0. The molecule has 0 aromatic carbocycles. The summed E-state index contributed by atoms with van der Waals surface area (Å²) in [4.78, 5) is 17.6. The highest BCUT2D eigenvalue weighted by molar-refractivity contribution is 7.12. The van der Waals surface area contributed by atoms with Gasteiger partial charge in [-0.05, 0) is 30.0 Å². The summed E-state index contributed by atoms with van der Waals surface area (Å²) in [6.45, 7) is 0.635. The number of hydrogen-bond donors (Lipinski definition) is 1. The molecule has 20 heavy (non-hydrogen) atoms. The van der Waals surface area contributed by atoms with Crippen molar-refractivity contribution in [1.29, 1.82) is 0 Å². The fourth-order valence-electron chi connectivity index (χ4n) is 1.79. The first-order valence-electron chi connectivity index (χ1n) is 6.22. The number of thiazole rings is 1. The van der Waals surface area contributed by atoms with Crippen LogP contribution in [0.4, 0.5) is 0 Å². The molecule has 3 heterocycles. The largest absolute Gasteiger partial charge is 0.350 e. The van der Waals surface area contributed by atoms with Gasteiger partial charge in [-0.25, -0.2) is 4.98 Å². The lowest BCUT2D eigenvalue weighted by Crippen LogP contribution is -2.25. The normalized spacial score (nSPS) is 10.6. The van der Waals surface area contributed by atoms with Crippen LogP contribution in [-0.2, 0) is 6.42 Å². The zero-order valence-corrected chi connectivity index (χ0v) is 12.3. The molecule has 3 aromatic rings. The fourth-order valence-corrected chi connectivity index (χ4v) is 3.27. The van der Waals surface area contributed by atoms with Gasteiger partial charge in [-0.1, -0.05) is 6.07 Å². The molecule has 0 aliphatic carbocycles. The zero-order valence-electron chi connectivity index (χ0n) is 10.7. The summed E-state index contributed by atoms with van der Waals surface area (Å²) in [7, 11) is 0. The minimum atomic E-state index is -0.115. The molecule has 1 N–H and O–H groups in total. The van der Waals surface area contributed by atoms with Gasteiger partial charge in [0.1, 0.15) is 5.69 Å². The van der Waals surface area contributed by atoms with Gasteiger partial charge in [-0.2, -0.15) is 0 Å². The highest BCUT2D eigenvalue weighted by Crippen LogP contribution is 2.15. The van der Waals surface area contributed by atoms with E-state index >= 15 is 0 Å². The van der Waals surface area contributed by atoms with Crippen molar-refractivity contribution >= 4 is 28.6 Å². The maximum atomic E-state index is 12.0. The van der Waals surface area contributed by atoms with Crippen LogP contribution in [-0.4, -0.2) is 22.0 Å². The predicted molar refractivity (Wildman–Crippen MR) is 81.8 cm³/mol. The van der Waals surface area contributed by atoms with Crippen LogP contribution in [0.25, 0.3) is 5.13 Å². The van der Waals surface area contributed by atoms with Crippen molar-refractivity contribution < 1.29 is 4.79 Å². The van der Waals surface area contributed by atoms with Crippen LogP contribution in [0.1, 0.15) is 15.4 Å². The third-order valence-electron chi connectivity index (χ3n) is 2.79. The molecule has 3 aromatic heterocycles. The van der Waals surface area contributed by atoms with E-state index in [1.165, 1.54) is 16.2 Å². The Labute approximate surface area is 124 Å². The molecule has 0 fully saturated rings. The average Bonchev–Trinajstić information content (AvgIpc) is 3.20. The Balaban J connectivity index is 1.57. The molecule has 0 saturated carbocycles. The molecule has 0 unspecified atom stereocenters. The molecule has 0 spiro atoms. The highest BCUT2D eigenvalue weighted by Gasteiger charge is 2.10. The second-order valence-electron chi connectivity index (χ2n) is 4.19. The van der Waals surface area contributed by atoms with Crippen LogP contribution in [0.3, 0.4) is 0 Å². The number of hydrogen-bond acceptors (Lipinski definition) is 4. The lowest BCUT2D eigenvalue weighted by molar-refractivity contribution is 0.0950. The molecule has 0 aliphatic heterocycles. The van der Waals surface area contributed by atoms with Gasteiger partial charge < -0.3 is 9.88 Å². The van der Waals surface area contributed by atoms with Crippen molar-refractivity contribution in [1.82, 2.24) is 14.9 Å². The fraction of sp³-hybridized carbons (Fsp3) is 0.143. The molecule has 6 heteroatoms. The van der Waals surface area contributed by atoms with Gasteiger partial charge in [0.05, 0.1) is 0 Å². The molecule has 102 valence electrons. The quantitative estimate of drug-likeness (QED) is 0.787. The summed E-state index contributed by atoms with van der Waals surface area (Å²) < 4.78 is 1.90. The van der Waals surface area contributed by atoms with Gasteiger partial charge in [-0.15, -0.1) is 22.7 Å². The van der Waals surface area contributed by atoms with E-state index in [4.69, 9.17) is 0 Å². The zero-order chi connectivity index (χ0) is 13.8. The Morgan fingerprint density at radius 3 is 2.85 bits per heavy atom. The smallest absolute Gasteiger partial charge is 0.270 e. The van der Waals surface area contributed by atoms with E-state index in [1.807, 2.05) is 40.5 Å². The lowest BCUT2D eigenvalue weighted by atomic mass is 10.3. The molecule has 0 aliphatic rings. The SMILES string of the molecule is O=C(NCCc1cccs1)c1csc(-n2cccc2)n1. The van der Waals surface area contributed by atoms with E-state index in [0.29, 0.717) is 12.2 Å². The summed E-state index contributed by atoms with van der Waals surface area (Å²) in [5.41, 5.74) is 0.477. The Bertz CT molecular complexity index is 671. The van der Waals surface area contributed by atoms with Crippen LogP contribution in [0.2, 0.25) is 0 Å². The van der Waals surface area contributed by atoms with E-state index in [9.17, 15) is 4.79 Å². The number of nitrogens with zero attached hydrogens (tertiary/aromatic N) is 2. The summed E-state index contributed by atoms with van der Waals surface area (Å²) in [5.74, 6) is -0.115. The predicted octanol–water partition coefficient (Wildman–Crippen LogP) is 2.97. The van der Waals surface area contributed by atoms with Crippen molar-refractivity contribution in [3.05, 3.63) is 58.0 Å². The second kappa shape index (κ2) is 6.02. The number of rotatable bonds is 5. The standard InChI is InChI=1S/C14H13N3OS2/c18-13(15-6-5-11-4-3-9-19-11)12-10-20-14(16-12)17-7-1-2-8-17/h1-4,7-10H,5-6H2,(H,15,18). The molecular formula is C14H13N3OS2. The number of carbonyl (C=O) groups excluding carboxylic acids is 1. The van der Waals surface area contributed by atoms with Gasteiger partial charge in [0.2, 0.25) is 0 Å². The number of thiophene rings is 1.